The number of rotatable bonds is 4. The number of alkyl halides is 6. The second kappa shape index (κ2) is 8.42. The van der Waals surface area contributed by atoms with Gasteiger partial charge in [0.05, 0.1) is 10.6 Å². The fourth-order valence-corrected chi connectivity index (χ4v) is 3.28. The Labute approximate surface area is 179 Å². The Hall–Kier alpha value is -2.73. The molecule has 164 valence electrons. The van der Waals surface area contributed by atoms with Crippen molar-refractivity contribution in [3.63, 3.8) is 0 Å². The van der Waals surface area contributed by atoms with Crippen LogP contribution in [0.3, 0.4) is 0 Å². The molecule has 0 amide bonds. The van der Waals surface area contributed by atoms with Crippen molar-refractivity contribution in [2.24, 2.45) is 0 Å². The number of ether oxygens (including phenoxy) is 1. The lowest BCUT2D eigenvalue weighted by atomic mass is 10.2. The van der Waals surface area contributed by atoms with Gasteiger partial charge in [0.25, 0.3) is 5.56 Å². The monoisotopic (exact) mass is 481 g/mol. The number of hydrogen-bond donors (Lipinski definition) is 1. The third-order valence-electron chi connectivity index (χ3n) is 3.82. The van der Waals surface area contributed by atoms with E-state index >= 15 is 0 Å². The van der Waals surface area contributed by atoms with Crippen LogP contribution in [0.25, 0.3) is 11.5 Å². The maximum absolute atomic E-state index is 13.6. The van der Waals surface area contributed by atoms with Gasteiger partial charge >= 0.3 is 12.4 Å². The first-order valence-corrected chi connectivity index (χ1v) is 9.77. The summed E-state index contributed by atoms with van der Waals surface area (Å²) in [4.78, 5) is 22.4. The van der Waals surface area contributed by atoms with E-state index in [2.05, 4.69) is 15.0 Å². The van der Waals surface area contributed by atoms with Gasteiger partial charge in [-0.05, 0) is 36.6 Å². The number of aromatic nitrogens is 3. The highest BCUT2D eigenvalue weighted by Gasteiger charge is 2.40. The van der Waals surface area contributed by atoms with Gasteiger partial charge in [-0.25, -0.2) is 4.98 Å². The van der Waals surface area contributed by atoms with Crippen molar-refractivity contribution in [1.29, 1.82) is 0 Å². The molecule has 5 nitrogen and oxygen atoms in total. The molecule has 13 heteroatoms. The summed E-state index contributed by atoms with van der Waals surface area (Å²) in [7, 11) is 0. The molecule has 0 saturated carbocycles. The predicted molar refractivity (Wildman–Crippen MR) is 101 cm³/mol. The van der Waals surface area contributed by atoms with Gasteiger partial charge in [-0.15, -0.1) is 11.8 Å². The third-order valence-corrected chi connectivity index (χ3v) is 4.92. The average Bonchev–Trinajstić information content (AvgIpc) is 2.68. The first-order valence-electron chi connectivity index (χ1n) is 8.17. The molecule has 0 aliphatic carbocycles. The maximum Gasteiger partial charge on any atom is 0.437 e. The SMILES string of the molecule is CSc1cccnc1-c1nc(C(F)(F)F)c(Oc2ccc(Cl)c(C(F)(F)F)c2)c(=O)[nH]1. The van der Waals surface area contributed by atoms with Gasteiger partial charge in [0.1, 0.15) is 11.4 Å². The largest absolute Gasteiger partial charge is 0.449 e. The second-order valence-electron chi connectivity index (χ2n) is 5.89. The number of benzene rings is 1. The standard InChI is InChI=1S/C18H10ClF6N3O2S/c1-31-11-3-2-6-26-12(11)15-27-14(18(23,24)25)13(16(29)28-15)30-8-4-5-10(19)9(7-8)17(20,21)22/h2-7H,1H3,(H,27,28,29). The van der Waals surface area contributed by atoms with Crippen molar-refractivity contribution in [3.8, 4) is 23.0 Å². The van der Waals surface area contributed by atoms with E-state index in [9.17, 15) is 31.1 Å². The summed E-state index contributed by atoms with van der Waals surface area (Å²) in [5.74, 6) is -2.46. The molecule has 1 aromatic carbocycles. The summed E-state index contributed by atoms with van der Waals surface area (Å²) >= 11 is 6.66. The molecule has 1 N–H and O–H groups in total. The predicted octanol–water partition coefficient (Wildman–Crippen LogP) is 6.04. The fourth-order valence-electron chi connectivity index (χ4n) is 2.50. The number of nitrogens with zero attached hydrogens (tertiary/aromatic N) is 2. The van der Waals surface area contributed by atoms with E-state index in [1.807, 2.05) is 0 Å². The van der Waals surface area contributed by atoms with Crippen molar-refractivity contribution in [3.05, 3.63) is 63.2 Å². The van der Waals surface area contributed by atoms with Gasteiger partial charge in [0.15, 0.2) is 11.5 Å². The molecule has 3 rings (SSSR count). The number of halogens is 7. The molecular weight excluding hydrogens is 472 g/mol. The quantitative estimate of drug-likeness (QED) is 0.363. The van der Waals surface area contributed by atoms with Gasteiger partial charge < -0.3 is 9.72 Å². The van der Waals surface area contributed by atoms with E-state index in [0.29, 0.717) is 11.0 Å². The first kappa shape index (κ1) is 22.9. The zero-order chi connectivity index (χ0) is 23.0. The van der Waals surface area contributed by atoms with Crippen molar-refractivity contribution >= 4 is 23.4 Å². The first-order chi connectivity index (χ1) is 14.4. The smallest absolute Gasteiger partial charge is 0.437 e. The van der Waals surface area contributed by atoms with Crippen LogP contribution in [0, 0.1) is 0 Å². The number of thioether (sulfide) groups is 1. The van der Waals surface area contributed by atoms with Crippen LogP contribution in [0.1, 0.15) is 11.3 Å². The van der Waals surface area contributed by atoms with E-state index < -0.39 is 51.5 Å². The summed E-state index contributed by atoms with van der Waals surface area (Å²) in [6.07, 6.45) is -7.07. The summed E-state index contributed by atoms with van der Waals surface area (Å²) < 4.78 is 84.8. The normalized spacial score (nSPS) is 12.1. The van der Waals surface area contributed by atoms with Gasteiger partial charge in [0.2, 0.25) is 5.75 Å². The molecule has 3 aromatic rings. The van der Waals surface area contributed by atoms with Crippen molar-refractivity contribution in [2.45, 2.75) is 17.2 Å². The summed E-state index contributed by atoms with van der Waals surface area (Å²) in [6.45, 7) is 0. The molecule has 31 heavy (non-hydrogen) atoms. The Morgan fingerprint density at radius 3 is 2.42 bits per heavy atom. The van der Waals surface area contributed by atoms with Gasteiger partial charge in [-0.1, -0.05) is 11.6 Å². The Morgan fingerprint density at radius 2 is 1.81 bits per heavy atom. The van der Waals surface area contributed by atoms with E-state index in [0.717, 1.165) is 12.1 Å². The van der Waals surface area contributed by atoms with E-state index in [4.69, 9.17) is 16.3 Å². The highest BCUT2D eigenvalue weighted by Crippen LogP contribution is 2.40. The Bertz CT molecular complexity index is 1180. The molecule has 2 heterocycles. The number of hydrogen-bond acceptors (Lipinski definition) is 5. The van der Waals surface area contributed by atoms with Crippen LogP contribution >= 0.6 is 23.4 Å². The molecular formula is C18H10ClF6N3O2S. The molecule has 0 bridgehead atoms. The van der Waals surface area contributed by atoms with Crippen molar-refractivity contribution in [2.75, 3.05) is 6.26 Å². The van der Waals surface area contributed by atoms with Crippen LogP contribution in [0.15, 0.2) is 46.2 Å². The van der Waals surface area contributed by atoms with Crippen LogP contribution in [-0.4, -0.2) is 21.2 Å². The molecule has 0 aliphatic rings. The molecule has 0 fully saturated rings. The van der Waals surface area contributed by atoms with Crippen LogP contribution in [0.4, 0.5) is 26.3 Å². The lowest BCUT2D eigenvalue weighted by Crippen LogP contribution is -2.21. The van der Waals surface area contributed by atoms with Crippen molar-refractivity contribution in [1.82, 2.24) is 15.0 Å². The summed E-state index contributed by atoms with van der Waals surface area (Å²) in [5, 5.41) is -0.682. The lowest BCUT2D eigenvalue weighted by Gasteiger charge is -2.15. The minimum atomic E-state index is -5.15. The van der Waals surface area contributed by atoms with E-state index in [-0.39, 0.29) is 5.69 Å². The molecule has 0 aliphatic heterocycles. The topological polar surface area (TPSA) is 67.9 Å². The highest BCUT2D eigenvalue weighted by molar-refractivity contribution is 7.98. The number of nitrogens with one attached hydrogen (secondary N) is 1. The van der Waals surface area contributed by atoms with Crippen LogP contribution in [0.5, 0.6) is 11.5 Å². The zero-order valence-electron chi connectivity index (χ0n) is 15.2. The highest BCUT2D eigenvalue weighted by atomic mass is 35.5. The Kier molecular flexibility index (Phi) is 6.23. The van der Waals surface area contributed by atoms with Crippen LogP contribution in [-0.2, 0) is 12.4 Å². The van der Waals surface area contributed by atoms with Gasteiger partial charge in [-0.3, -0.25) is 9.78 Å². The molecule has 2 aromatic heterocycles. The molecule has 0 saturated heterocycles. The molecule has 0 unspecified atom stereocenters. The van der Waals surface area contributed by atoms with E-state index in [1.54, 1.807) is 18.4 Å². The Morgan fingerprint density at radius 1 is 1.10 bits per heavy atom. The minimum absolute atomic E-state index is 0.00463. The third kappa shape index (κ3) is 4.96. The average molecular weight is 482 g/mol. The van der Waals surface area contributed by atoms with Crippen LogP contribution < -0.4 is 10.3 Å². The maximum atomic E-state index is 13.6. The van der Waals surface area contributed by atoms with Crippen molar-refractivity contribution < 1.29 is 31.1 Å². The number of H-pyrrole nitrogens is 1. The lowest BCUT2D eigenvalue weighted by molar-refractivity contribution is -0.142. The fraction of sp³-hybridized carbons (Fsp3) is 0.167. The van der Waals surface area contributed by atoms with E-state index in [1.165, 1.54) is 18.0 Å². The Balaban J connectivity index is 2.15. The summed E-state index contributed by atoms with van der Waals surface area (Å²) in [5.41, 5.74) is -4.40. The number of aromatic amines is 1. The zero-order valence-corrected chi connectivity index (χ0v) is 16.8. The minimum Gasteiger partial charge on any atom is -0.449 e. The second-order valence-corrected chi connectivity index (χ2v) is 7.14. The van der Waals surface area contributed by atoms with Gasteiger partial charge in [0, 0.05) is 11.1 Å². The van der Waals surface area contributed by atoms with Crippen LogP contribution in [0.2, 0.25) is 5.02 Å². The summed E-state index contributed by atoms with van der Waals surface area (Å²) in [6, 6.07) is 5.20. The molecule has 0 atom stereocenters. The van der Waals surface area contributed by atoms with Gasteiger partial charge in [-0.2, -0.15) is 26.3 Å². The molecule has 0 spiro atoms. The number of pyridine rings is 1. The molecule has 0 radical (unpaired) electrons.